The van der Waals surface area contributed by atoms with Crippen molar-refractivity contribution in [1.82, 2.24) is 9.78 Å². The normalized spacial score (nSPS) is 15.9. The monoisotopic (exact) mass is 310 g/mol. The second-order valence-corrected chi connectivity index (χ2v) is 5.89. The molecular weight excluding hydrogens is 292 g/mol. The topological polar surface area (TPSA) is 69.0 Å². The van der Waals surface area contributed by atoms with Gasteiger partial charge in [0.1, 0.15) is 5.92 Å². The molecule has 5 nitrogen and oxygen atoms in total. The molecule has 1 heterocycles. The Morgan fingerprint density at radius 1 is 1.17 bits per heavy atom. The minimum Gasteiger partial charge on any atom is -0.298 e. The molecule has 0 saturated heterocycles. The van der Waals surface area contributed by atoms with Gasteiger partial charge in [0.25, 0.3) is 0 Å². The average molecular weight is 310 g/mol. The second kappa shape index (κ2) is 6.28. The predicted octanol–water partition coefficient (Wildman–Crippen LogP) is 2.36. The minimum absolute atomic E-state index is 0.263. The third kappa shape index (κ3) is 3.13. The summed E-state index contributed by atoms with van der Waals surface area (Å²) in [5, 5.41) is 4.35. The first kappa shape index (κ1) is 15.3. The molecule has 0 spiro atoms. The summed E-state index contributed by atoms with van der Waals surface area (Å²) in [5.41, 5.74) is 1.99. The lowest BCUT2D eigenvalue weighted by Gasteiger charge is -2.17. The minimum atomic E-state index is -1.13. The van der Waals surface area contributed by atoms with Crippen LogP contribution >= 0.6 is 0 Å². The molecule has 2 aromatic rings. The van der Waals surface area contributed by atoms with Gasteiger partial charge in [0.2, 0.25) is 0 Å². The van der Waals surface area contributed by atoms with Crippen molar-refractivity contribution >= 4 is 17.3 Å². The van der Waals surface area contributed by atoms with Crippen molar-refractivity contribution in [3.63, 3.8) is 0 Å². The van der Waals surface area contributed by atoms with Crippen LogP contribution in [0.2, 0.25) is 0 Å². The molecule has 1 aromatic heterocycles. The Morgan fingerprint density at radius 2 is 1.83 bits per heavy atom. The van der Waals surface area contributed by atoms with Gasteiger partial charge in [-0.1, -0.05) is 30.3 Å². The number of aryl methyl sites for hydroxylation is 1. The van der Waals surface area contributed by atoms with Crippen LogP contribution in [-0.4, -0.2) is 27.1 Å². The second-order valence-electron chi connectivity index (χ2n) is 5.89. The SMILES string of the molecule is Cc1nn(Cc2ccccc2)cc1C(=O)C1C(=O)CCCC1=O. The molecule has 0 amide bonds. The molecule has 1 fully saturated rings. The summed E-state index contributed by atoms with van der Waals surface area (Å²) in [7, 11) is 0. The van der Waals surface area contributed by atoms with Crippen LogP contribution in [0.5, 0.6) is 0 Å². The molecule has 1 aliphatic rings. The third-order valence-corrected chi connectivity index (χ3v) is 4.15. The number of aromatic nitrogens is 2. The van der Waals surface area contributed by atoms with Gasteiger partial charge in [-0.2, -0.15) is 5.10 Å². The highest BCUT2D eigenvalue weighted by Crippen LogP contribution is 2.23. The van der Waals surface area contributed by atoms with E-state index >= 15 is 0 Å². The van der Waals surface area contributed by atoms with Crippen molar-refractivity contribution < 1.29 is 14.4 Å². The summed E-state index contributed by atoms with van der Waals surface area (Å²) >= 11 is 0. The summed E-state index contributed by atoms with van der Waals surface area (Å²) < 4.78 is 1.68. The fraction of sp³-hybridized carbons (Fsp3) is 0.333. The van der Waals surface area contributed by atoms with Crippen LogP contribution in [0.1, 0.15) is 40.9 Å². The molecule has 1 aliphatic carbocycles. The van der Waals surface area contributed by atoms with E-state index in [2.05, 4.69) is 5.10 Å². The lowest BCUT2D eigenvalue weighted by atomic mass is 9.82. The largest absolute Gasteiger partial charge is 0.298 e. The van der Waals surface area contributed by atoms with Crippen LogP contribution in [0.15, 0.2) is 36.5 Å². The summed E-state index contributed by atoms with van der Waals surface area (Å²) in [6, 6.07) is 9.78. The maximum Gasteiger partial charge on any atom is 0.184 e. The van der Waals surface area contributed by atoms with Crippen molar-refractivity contribution in [2.24, 2.45) is 5.92 Å². The van der Waals surface area contributed by atoms with E-state index in [0.717, 1.165) is 5.56 Å². The molecule has 0 radical (unpaired) electrons. The average Bonchev–Trinajstić information content (AvgIpc) is 2.88. The van der Waals surface area contributed by atoms with Gasteiger partial charge in [0.05, 0.1) is 17.8 Å². The van der Waals surface area contributed by atoms with Crippen LogP contribution in [0, 0.1) is 12.8 Å². The molecule has 5 heteroatoms. The van der Waals surface area contributed by atoms with E-state index in [0.29, 0.717) is 37.1 Å². The Labute approximate surface area is 134 Å². The van der Waals surface area contributed by atoms with Crippen LogP contribution in [-0.2, 0) is 16.1 Å². The maximum atomic E-state index is 12.6. The summed E-state index contributed by atoms with van der Waals surface area (Å²) in [4.78, 5) is 36.5. The first-order valence-corrected chi connectivity index (χ1v) is 7.74. The van der Waals surface area contributed by atoms with Gasteiger partial charge in [0.15, 0.2) is 17.3 Å². The van der Waals surface area contributed by atoms with Crippen LogP contribution in [0.4, 0.5) is 0 Å². The number of Topliss-reactive ketones (excluding diaryl/α,β-unsaturated/α-hetero) is 3. The zero-order chi connectivity index (χ0) is 16.4. The summed E-state index contributed by atoms with van der Waals surface area (Å²) in [6.07, 6.45) is 2.80. The summed E-state index contributed by atoms with van der Waals surface area (Å²) in [5.74, 6) is -2.06. The Hall–Kier alpha value is -2.56. The van der Waals surface area contributed by atoms with Gasteiger partial charge in [-0.05, 0) is 18.9 Å². The molecule has 118 valence electrons. The lowest BCUT2D eigenvalue weighted by Crippen LogP contribution is -2.35. The van der Waals surface area contributed by atoms with Crippen molar-refractivity contribution in [2.75, 3.05) is 0 Å². The molecule has 1 saturated carbocycles. The number of nitrogens with zero attached hydrogens (tertiary/aromatic N) is 2. The molecule has 1 aromatic carbocycles. The lowest BCUT2D eigenvalue weighted by molar-refractivity contribution is -0.133. The van der Waals surface area contributed by atoms with Crippen LogP contribution < -0.4 is 0 Å². The van der Waals surface area contributed by atoms with Crippen molar-refractivity contribution in [1.29, 1.82) is 0 Å². The van der Waals surface area contributed by atoms with Crippen LogP contribution in [0.3, 0.4) is 0 Å². The van der Waals surface area contributed by atoms with Gasteiger partial charge in [-0.3, -0.25) is 19.1 Å². The predicted molar refractivity (Wildman–Crippen MR) is 84.2 cm³/mol. The quantitative estimate of drug-likeness (QED) is 0.642. The zero-order valence-corrected chi connectivity index (χ0v) is 13.0. The van der Waals surface area contributed by atoms with Gasteiger partial charge < -0.3 is 0 Å². The van der Waals surface area contributed by atoms with Gasteiger partial charge in [0, 0.05) is 19.0 Å². The number of carbonyl (C=O) groups is 3. The zero-order valence-electron chi connectivity index (χ0n) is 13.0. The molecule has 0 N–H and O–H groups in total. The number of hydrogen-bond donors (Lipinski definition) is 0. The molecular formula is C18H18N2O3. The van der Waals surface area contributed by atoms with Crippen molar-refractivity contribution in [2.45, 2.75) is 32.7 Å². The van der Waals surface area contributed by atoms with E-state index in [4.69, 9.17) is 0 Å². The molecule has 0 atom stereocenters. The third-order valence-electron chi connectivity index (χ3n) is 4.15. The number of ketones is 3. The van der Waals surface area contributed by atoms with E-state index in [1.54, 1.807) is 17.8 Å². The number of rotatable bonds is 4. The van der Waals surface area contributed by atoms with Gasteiger partial charge in [-0.15, -0.1) is 0 Å². The molecule has 0 bridgehead atoms. The first-order valence-electron chi connectivity index (χ1n) is 7.74. The fourth-order valence-electron chi connectivity index (χ4n) is 2.96. The molecule has 23 heavy (non-hydrogen) atoms. The van der Waals surface area contributed by atoms with E-state index in [1.165, 1.54) is 0 Å². The van der Waals surface area contributed by atoms with Crippen LogP contribution in [0.25, 0.3) is 0 Å². The van der Waals surface area contributed by atoms with E-state index in [9.17, 15) is 14.4 Å². The smallest absolute Gasteiger partial charge is 0.184 e. The highest BCUT2D eigenvalue weighted by Gasteiger charge is 2.37. The van der Waals surface area contributed by atoms with Crippen molar-refractivity contribution in [3.8, 4) is 0 Å². The Morgan fingerprint density at radius 3 is 2.48 bits per heavy atom. The number of benzene rings is 1. The highest BCUT2D eigenvalue weighted by atomic mass is 16.2. The van der Waals surface area contributed by atoms with E-state index in [1.807, 2.05) is 30.3 Å². The first-order chi connectivity index (χ1) is 11.1. The standard InChI is InChI=1S/C18H18N2O3/c1-12-14(18(23)17-15(21)8-5-9-16(17)22)11-20(19-12)10-13-6-3-2-4-7-13/h2-4,6-7,11,17H,5,8-10H2,1H3. The van der Waals surface area contributed by atoms with Gasteiger partial charge >= 0.3 is 0 Å². The van der Waals surface area contributed by atoms with E-state index in [-0.39, 0.29) is 11.6 Å². The Kier molecular flexibility index (Phi) is 4.19. The Bertz CT molecular complexity index is 746. The van der Waals surface area contributed by atoms with E-state index < -0.39 is 11.7 Å². The summed E-state index contributed by atoms with van der Waals surface area (Å²) in [6.45, 7) is 2.27. The number of carbonyl (C=O) groups excluding carboxylic acids is 3. The number of hydrogen-bond acceptors (Lipinski definition) is 4. The highest BCUT2D eigenvalue weighted by molar-refractivity contribution is 6.25. The maximum absolute atomic E-state index is 12.6. The van der Waals surface area contributed by atoms with Gasteiger partial charge in [-0.25, -0.2) is 0 Å². The molecule has 0 unspecified atom stereocenters. The molecule has 0 aliphatic heterocycles. The fourth-order valence-corrected chi connectivity index (χ4v) is 2.96. The molecule has 3 rings (SSSR count). The Balaban J connectivity index is 1.84. The van der Waals surface area contributed by atoms with Crippen molar-refractivity contribution in [3.05, 3.63) is 53.3 Å².